The van der Waals surface area contributed by atoms with Gasteiger partial charge in [0.05, 0.1) is 6.10 Å². The van der Waals surface area contributed by atoms with E-state index in [-0.39, 0.29) is 0 Å². The molecule has 0 spiro atoms. The first-order valence-corrected chi connectivity index (χ1v) is 7.35. The Balaban J connectivity index is 1.63. The van der Waals surface area contributed by atoms with E-state index in [2.05, 4.69) is 22.8 Å². The van der Waals surface area contributed by atoms with Crippen molar-refractivity contribution in [1.82, 2.24) is 10.7 Å². The topological polar surface area (TPSA) is 45.7 Å². The number of thiocarbonyl (C=S) groups is 1. The lowest BCUT2D eigenvalue weighted by atomic mass is 9.90. The minimum Gasteiger partial charge on any atom is -0.376 e. The highest BCUT2D eigenvalue weighted by Gasteiger charge is 2.15. The zero-order chi connectivity index (χ0) is 12.8. The Morgan fingerprint density at radius 3 is 2.83 bits per heavy atom. The molecule has 1 atom stereocenters. The van der Waals surface area contributed by atoms with Crippen LogP contribution in [0.3, 0.4) is 0 Å². The molecule has 1 saturated heterocycles. The maximum absolute atomic E-state index is 5.52. The summed E-state index contributed by atoms with van der Waals surface area (Å²) in [4.78, 5) is 0. The summed E-state index contributed by atoms with van der Waals surface area (Å²) in [6, 6.07) is 0. The Kier molecular flexibility index (Phi) is 5.38. The molecular weight excluding hydrogens is 246 g/mol. The van der Waals surface area contributed by atoms with Crippen LogP contribution in [0.15, 0.2) is 5.10 Å². The number of hydrogen-bond acceptors (Lipinski definition) is 3. The van der Waals surface area contributed by atoms with Gasteiger partial charge in [-0.25, -0.2) is 0 Å². The molecule has 5 heteroatoms. The molecule has 2 rings (SSSR count). The number of nitrogens with zero attached hydrogens (tertiary/aromatic N) is 1. The van der Waals surface area contributed by atoms with Gasteiger partial charge in [0.25, 0.3) is 0 Å². The van der Waals surface area contributed by atoms with Crippen molar-refractivity contribution in [3.05, 3.63) is 0 Å². The highest BCUT2D eigenvalue weighted by molar-refractivity contribution is 7.80. The summed E-state index contributed by atoms with van der Waals surface area (Å²) in [6.45, 7) is 3.97. The summed E-state index contributed by atoms with van der Waals surface area (Å²) in [7, 11) is 0. The molecule has 4 nitrogen and oxygen atoms in total. The third-order valence-corrected chi connectivity index (χ3v) is 3.92. The first kappa shape index (κ1) is 13.7. The van der Waals surface area contributed by atoms with Gasteiger partial charge in [0.1, 0.15) is 0 Å². The van der Waals surface area contributed by atoms with Crippen molar-refractivity contribution >= 4 is 23.0 Å². The molecule has 1 aliphatic heterocycles. The molecular formula is C13H23N3OS. The molecule has 0 unspecified atom stereocenters. The molecule has 1 heterocycles. The largest absolute Gasteiger partial charge is 0.376 e. The molecule has 0 aromatic carbocycles. The number of nitrogens with one attached hydrogen (secondary N) is 2. The van der Waals surface area contributed by atoms with Crippen molar-refractivity contribution < 1.29 is 4.74 Å². The van der Waals surface area contributed by atoms with Gasteiger partial charge in [-0.1, -0.05) is 6.92 Å². The van der Waals surface area contributed by atoms with E-state index in [4.69, 9.17) is 17.0 Å². The van der Waals surface area contributed by atoms with Gasteiger partial charge >= 0.3 is 0 Å². The van der Waals surface area contributed by atoms with E-state index in [0.717, 1.165) is 44.8 Å². The fraction of sp³-hybridized carbons (Fsp3) is 0.846. The lowest BCUT2D eigenvalue weighted by molar-refractivity contribution is 0.114. The van der Waals surface area contributed by atoms with Gasteiger partial charge in [0, 0.05) is 18.9 Å². The van der Waals surface area contributed by atoms with Crippen molar-refractivity contribution in [3.63, 3.8) is 0 Å². The summed E-state index contributed by atoms with van der Waals surface area (Å²) >= 11 is 5.20. The van der Waals surface area contributed by atoms with E-state index >= 15 is 0 Å². The molecule has 0 bridgehead atoms. The minimum absolute atomic E-state index is 0.313. The van der Waals surface area contributed by atoms with Gasteiger partial charge in [-0.2, -0.15) is 5.10 Å². The maximum atomic E-state index is 5.52. The van der Waals surface area contributed by atoms with Crippen molar-refractivity contribution in [2.24, 2.45) is 11.0 Å². The van der Waals surface area contributed by atoms with Crippen LogP contribution in [0.1, 0.15) is 45.4 Å². The van der Waals surface area contributed by atoms with E-state index in [9.17, 15) is 0 Å². The van der Waals surface area contributed by atoms with E-state index in [1.165, 1.54) is 18.6 Å². The van der Waals surface area contributed by atoms with Crippen molar-refractivity contribution in [3.8, 4) is 0 Å². The second-order valence-corrected chi connectivity index (χ2v) is 5.73. The SMILES string of the molecule is CC1CCC(=NNC(=S)NC[C@H]2CCCO2)CC1. The smallest absolute Gasteiger partial charge is 0.187 e. The monoisotopic (exact) mass is 269 g/mol. The van der Waals surface area contributed by atoms with Gasteiger partial charge in [-0.3, -0.25) is 5.43 Å². The maximum Gasteiger partial charge on any atom is 0.187 e. The molecule has 18 heavy (non-hydrogen) atoms. The van der Waals surface area contributed by atoms with Crippen LogP contribution in [-0.2, 0) is 4.74 Å². The molecule has 0 radical (unpaired) electrons. The van der Waals surface area contributed by atoms with Crippen molar-refractivity contribution in [2.75, 3.05) is 13.2 Å². The van der Waals surface area contributed by atoms with E-state index in [1.54, 1.807) is 0 Å². The van der Waals surface area contributed by atoms with Crippen LogP contribution in [0, 0.1) is 5.92 Å². The highest BCUT2D eigenvalue weighted by Crippen LogP contribution is 2.20. The van der Waals surface area contributed by atoms with Gasteiger partial charge < -0.3 is 10.1 Å². The fourth-order valence-corrected chi connectivity index (χ4v) is 2.52. The number of hydrazone groups is 1. The molecule has 1 aliphatic carbocycles. The molecule has 102 valence electrons. The highest BCUT2D eigenvalue weighted by atomic mass is 32.1. The summed E-state index contributed by atoms with van der Waals surface area (Å²) in [5.74, 6) is 0.841. The number of rotatable bonds is 3. The zero-order valence-corrected chi connectivity index (χ0v) is 11.9. The lowest BCUT2D eigenvalue weighted by Crippen LogP contribution is -2.37. The van der Waals surface area contributed by atoms with Gasteiger partial charge in [0.2, 0.25) is 0 Å². The average molecular weight is 269 g/mol. The van der Waals surface area contributed by atoms with Crippen molar-refractivity contribution in [1.29, 1.82) is 0 Å². The molecule has 2 N–H and O–H groups in total. The Bertz CT molecular complexity index is 303. The number of hydrogen-bond donors (Lipinski definition) is 2. The van der Waals surface area contributed by atoms with Crippen molar-refractivity contribution in [2.45, 2.75) is 51.6 Å². The van der Waals surface area contributed by atoms with E-state index in [0.29, 0.717) is 11.2 Å². The third kappa shape index (κ3) is 4.53. The molecule has 2 aliphatic rings. The van der Waals surface area contributed by atoms with Crippen LogP contribution in [0.2, 0.25) is 0 Å². The lowest BCUT2D eigenvalue weighted by Gasteiger charge is -2.19. The predicted molar refractivity (Wildman–Crippen MR) is 77.8 cm³/mol. The molecule has 0 amide bonds. The standard InChI is InChI=1S/C13H23N3OS/c1-10-4-6-11(7-5-10)15-16-13(18)14-9-12-3-2-8-17-12/h10,12H,2-9H2,1H3,(H2,14,16,18)/t10?,12-/m1/s1. The Morgan fingerprint density at radius 1 is 1.39 bits per heavy atom. The molecule has 0 aromatic rings. The molecule has 2 fully saturated rings. The Labute approximate surface area is 115 Å². The average Bonchev–Trinajstić information content (AvgIpc) is 2.89. The van der Waals surface area contributed by atoms with Crippen LogP contribution < -0.4 is 10.7 Å². The summed E-state index contributed by atoms with van der Waals surface area (Å²) in [6.07, 6.45) is 7.29. The van der Waals surface area contributed by atoms with Crippen LogP contribution in [0.25, 0.3) is 0 Å². The van der Waals surface area contributed by atoms with Crippen LogP contribution >= 0.6 is 12.2 Å². The van der Waals surface area contributed by atoms with Crippen LogP contribution in [0.5, 0.6) is 0 Å². The second-order valence-electron chi connectivity index (χ2n) is 5.32. The van der Waals surface area contributed by atoms with E-state index in [1.807, 2.05) is 0 Å². The molecule has 1 saturated carbocycles. The summed E-state index contributed by atoms with van der Waals surface area (Å²) in [5, 5.41) is 8.15. The van der Waals surface area contributed by atoms with Gasteiger partial charge in [-0.15, -0.1) is 0 Å². The van der Waals surface area contributed by atoms with Crippen LogP contribution in [0.4, 0.5) is 0 Å². The summed E-state index contributed by atoms with van der Waals surface area (Å²) in [5.41, 5.74) is 4.19. The van der Waals surface area contributed by atoms with Gasteiger partial charge in [-0.05, 0) is 56.7 Å². The zero-order valence-electron chi connectivity index (χ0n) is 11.1. The third-order valence-electron chi connectivity index (χ3n) is 3.68. The molecule has 0 aromatic heterocycles. The quantitative estimate of drug-likeness (QED) is 0.609. The summed E-state index contributed by atoms with van der Waals surface area (Å²) < 4.78 is 5.52. The fourth-order valence-electron chi connectivity index (χ4n) is 2.39. The Hall–Kier alpha value is -0.680. The first-order chi connectivity index (χ1) is 8.74. The second kappa shape index (κ2) is 7.04. The van der Waals surface area contributed by atoms with Gasteiger partial charge in [0.15, 0.2) is 5.11 Å². The first-order valence-electron chi connectivity index (χ1n) is 6.95. The predicted octanol–water partition coefficient (Wildman–Crippen LogP) is 2.20. The number of ether oxygens (including phenoxy) is 1. The Morgan fingerprint density at radius 2 is 2.17 bits per heavy atom. The van der Waals surface area contributed by atoms with E-state index < -0.39 is 0 Å². The van der Waals surface area contributed by atoms with Crippen LogP contribution in [-0.4, -0.2) is 30.1 Å². The minimum atomic E-state index is 0.313. The normalized spacial score (nSPS) is 27.9.